The Morgan fingerprint density at radius 1 is 1.35 bits per heavy atom. The Morgan fingerprint density at radius 2 is 2.18 bits per heavy atom. The lowest BCUT2D eigenvalue weighted by molar-refractivity contribution is 0.342. The fourth-order valence-electron chi connectivity index (χ4n) is 1.68. The molecule has 1 heterocycles. The molecule has 0 aromatic heterocycles. The molecule has 4 nitrogen and oxygen atoms in total. The molecule has 2 N–H and O–H groups in total. The van der Waals surface area contributed by atoms with E-state index in [0.29, 0.717) is 0 Å². The maximum absolute atomic E-state index is 5.94. The molecule has 5 heteroatoms. The highest BCUT2D eigenvalue weighted by Crippen LogP contribution is 2.29. The molecule has 1 unspecified atom stereocenters. The van der Waals surface area contributed by atoms with Crippen LogP contribution in [0.5, 0.6) is 11.5 Å². The topological polar surface area (TPSA) is 47.7 Å². The molecule has 17 heavy (non-hydrogen) atoms. The predicted molar refractivity (Wildman–Crippen MR) is 69.8 cm³/mol. The Kier molecular flexibility index (Phi) is 3.81. The van der Waals surface area contributed by atoms with Crippen molar-refractivity contribution in [3.05, 3.63) is 35.4 Å². The van der Waals surface area contributed by atoms with Gasteiger partial charge >= 0.3 is 0 Å². The lowest BCUT2D eigenvalue weighted by atomic mass is 10.2. The number of nitrogens with zero attached hydrogens (tertiary/aromatic N) is 1. The Labute approximate surface area is 105 Å². The van der Waals surface area contributed by atoms with Crippen molar-refractivity contribution >= 4 is 11.8 Å². The first-order valence-corrected chi connectivity index (χ1v) is 6.23. The van der Waals surface area contributed by atoms with Gasteiger partial charge in [0.25, 0.3) is 0 Å². The van der Waals surface area contributed by atoms with Gasteiger partial charge < -0.3 is 20.1 Å². The van der Waals surface area contributed by atoms with Gasteiger partial charge in [-0.05, 0) is 17.5 Å². The normalized spacial score (nSPS) is 18.5. The quantitative estimate of drug-likeness (QED) is 0.887. The minimum absolute atomic E-state index is 0.0122. The summed E-state index contributed by atoms with van der Waals surface area (Å²) in [5.41, 5.74) is 7.02. The predicted octanol–water partition coefficient (Wildman–Crippen LogP) is 1.97. The summed E-state index contributed by atoms with van der Waals surface area (Å²) in [4.78, 5) is 2.06. The zero-order chi connectivity index (χ0) is 12.3. The molecule has 0 bridgehead atoms. The molecule has 0 saturated heterocycles. The van der Waals surface area contributed by atoms with Crippen molar-refractivity contribution in [2.75, 3.05) is 14.2 Å². The molecule has 0 amide bonds. The van der Waals surface area contributed by atoms with Crippen LogP contribution < -0.4 is 15.2 Å². The molecule has 0 fully saturated rings. The van der Waals surface area contributed by atoms with Crippen molar-refractivity contribution in [3.8, 4) is 11.5 Å². The molecule has 92 valence electrons. The number of methoxy groups -OCH3 is 2. The first-order chi connectivity index (χ1) is 8.24. The van der Waals surface area contributed by atoms with Crippen LogP contribution >= 0.6 is 11.8 Å². The highest BCUT2D eigenvalue weighted by molar-refractivity contribution is 8.02. The molecule has 1 aromatic rings. The molecule has 1 atom stereocenters. The van der Waals surface area contributed by atoms with Crippen LogP contribution in [0.4, 0.5) is 0 Å². The molecule has 1 aromatic carbocycles. The number of benzene rings is 1. The van der Waals surface area contributed by atoms with Gasteiger partial charge in [-0.2, -0.15) is 0 Å². The highest BCUT2D eigenvalue weighted by Gasteiger charge is 2.17. The average Bonchev–Trinajstić information content (AvgIpc) is 2.75. The van der Waals surface area contributed by atoms with Gasteiger partial charge in [-0.15, -0.1) is 0 Å². The highest BCUT2D eigenvalue weighted by atomic mass is 32.2. The molecule has 0 saturated carbocycles. The van der Waals surface area contributed by atoms with Crippen molar-refractivity contribution in [1.82, 2.24) is 4.90 Å². The molecular formula is C12H16N2O2S. The number of thioether (sulfide) groups is 1. The maximum atomic E-state index is 5.94. The van der Waals surface area contributed by atoms with Crippen LogP contribution in [0.1, 0.15) is 5.56 Å². The van der Waals surface area contributed by atoms with Crippen molar-refractivity contribution in [1.29, 1.82) is 0 Å². The standard InChI is InChI=1S/C12H16N2O2S/c1-15-10-4-3-9(11(7-10)16-2)8-14-5-6-17-12(14)13/h3-7,12H,8,13H2,1-2H3. The van der Waals surface area contributed by atoms with Gasteiger partial charge in [0.2, 0.25) is 0 Å². The molecule has 0 aliphatic carbocycles. The van der Waals surface area contributed by atoms with E-state index in [1.165, 1.54) is 0 Å². The summed E-state index contributed by atoms with van der Waals surface area (Å²) in [6.07, 6.45) is 2.00. The number of hydrogen-bond acceptors (Lipinski definition) is 5. The molecule has 2 rings (SSSR count). The van der Waals surface area contributed by atoms with Crippen molar-refractivity contribution in [2.24, 2.45) is 5.73 Å². The summed E-state index contributed by atoms with van der Waals surface area (Å²) in [6.45, 7) is 0.734. The van der Waals surface area contributed by atoms with E-state index in [2.05, 4.69) is 4.90 Å². The van der Waals surface area contributed by atoms with Gasteiger partial charge in [0, 0.05) is 24.4 Å². The molecule has 0 radical (unpaired) electrons. The van der Waals surface area contributed by atoms with Crippen LogP contribution in [0.25, 0.3) is 0 Å². The largest absolute Gasteiger partial charge is 0.497 e. The summed E-state index contributed by atoms with van der Waals surface area (Å²) in [7, 11) is 3.30. The number of ether oxygens (including phenoxy) is 2. The summed E-state index contributed by atoms with van der Waals surface area (Å²) in [5.74, 6) is 1.61. The lowest BCUT2D eigenvalue weighted by Crippen LogP contribution is -2.31. The third kappa shape index (κ3) is 2.68. The Hall–Kier alpha value is -1.33. The van der Waals surface area contributed by atoms with E-state index in [4.69, 9.17) is 15.2 Å². The smallest absolute Gasteiger partial charge is 0.129 e. The van der Waals surface area contributed by atoms with Crippen LogP contribution in [0.2, 0.25) is 0 Å². The minimum Gasteiger partial charge on any atom is -0.497 e. The minimum atomic E-state index is -0.0122. The van der Waals surface area contributed by atoms with E-state index >= 15 is 0 Å². The Morgan fingerprint density at radius 3 is 2.76 bits per heavy atom. The molecule has 1 aliphatic rings. The van der Waals surface area contributed by atoms with E-state index in [-0.39, 0.29) is 5.50 Å². The van der Waals surface area contributed by atoms with E-state index in [1.807, 2.05) is 29.8 Å². The first kappa shape index (κ1) is 12.1. The fourth-order valence-corrected chi connectivity index (χ4v) is 2.37. The Bertz CT molecular complexity index is 423. The van der Waals surface area contributed by atoms with Gasteiger partial charge in [0.05, 0.1) is 14.2 Å². The number of rotatable bonds is 4. The summed E-state index contributed by atoms with van der Waals surface area (Å²) in [6, 6.07) is 5.81. The molecule has 0 spiro atoms. The van der Waals surface area contributed by atoms with E-state index in [0.717, 1.165) is 23.6 Å². The summed E-state index contributed by atoms with van der Waals surface area (Å²) < 4.78 is 10.5. The van der Waals surface area contributed by atoms with Crippen LogP contribution in [-0.2, 0) is 6.54 Å². The monoisotopic (exact) mass is 252 g/mol. The van der Waals surface area contributed by atoms with Gasteiger partial charge in [-0.1, -0.05) is 11.8 Å². The van der Waals surface area contributed by atoms with E-state index < -0.39 is 0 Å². The fraction of sp³-hybridized carbons (Fsp3) is 0.333. The third-order valence-electron chi connectivity index (χ3n) is 2.64. The first-order valence-electron chi connectivity index (χ1n) is 5.29. The number of nitrogens with two attached hydrogens (primary N) is 1. The van der Waals surface area contributed by atoms with Crippen LogP contribution in [0.3, 0.4) is 0 Å². The van der Waals surface area contributed by atoms with Crippen LogP contribution in [-0.4, -0.2) is 24.6 Å². The average molecular weight is 252 g/mol. The van der Waals surface area contributed by atoms with E-state index in [1.54, 1.807) is 26.0 Å². The van der Waals surface area contributed by atoms with Crippen molar-refractivity contribution in [3.63, 3.8) is 0 Å². The van der Waals surface area contributed by atoms with Crippen LogP contribution in [0.15, 0.2) is 29.8 Å². The summed E-state index contributed by atoms with van der Waals surface area (Å²) >= 11 is 1.60. The van der Waals surface area contributed by atoms with Gasteiger partial charge in [0.15, 0.2) is 0 Å². The van der Waals surface area contributed by atoms with Gasteiger partial charge in [0.1, 0.15) is 17.0 Å². The second-order valence-electron chi connectivity index (χ2n) is 3.66. The summed E-state index contributed by atoms with van der Waals surface area (Å²) in [5, 5.41) is 2.00. The SMILES string of the molecule is COc1ccc(CN2C=CSC2N)c(OC)c1. The van der Waals surface area contributed by atoms with Gasteiger partial charge in [-0.3, -0.25) is 0 Å². The molecule has 1 aliphatic heterocycles. The number of hydrogen-bond donors (Lipinski definition) is 1. The lowest BCUT2D eigenvalue weighted by Gasteiger charge is -2.22. The molecular weight excluding hydrogens is 236 g/mol. The van der Waals surface area contributed by atoms with Crippen molar-refractivity contribution < 1.29 is 9.47 Å². The zero-order valence-corrected chi connectivity index (χ0v) is 10.7. The maximum Gasteiger partial charge on any atom is 0.129 e. The zero-order valence-electron chi connectivity index (χ0n) is 9.92. The third-order valence-corrected chi connectivity index (χ3v) is 3.47. The second kappa shape index (κ2) is 5.33. The van der Waals surface area contributed by atoms with Crippen LogP contribution in [0, 0.1) is 0 Å². The van der Waals surface area contributed by atoms with E-state index in [9.17, 15) is 0 Å². The van der Waals surface area contributed by atoms with Gasteiger partial charge in [-0.25, -0.2) is 0 Å². The second-order valence-corrected chi connectivity index (χ2v) is 4.69. The Balaban J connectivity index is 2.17. The van der Waals surface area contributed by atoms with Crippen molar-refractivity contribution in [2.45, 2.75) is 12.0 Å².